The summed E-state index contributed by atoms with van der Waals surface area (Å²) in [4.78, 5) is 19.1. The summed E-state index contributed by atoms with van der Waals surface area (Å²) in [7, 11) is 0. The van der Waals surface area contributed by atoms with Crippen molar-refractivity contribution in [2.75, 3.05) is 5.32 Å². The first-order valence-corrected chi connectivity index (χ1v) is 11.4. The third-order valence-corrected chi connectivity index (χ3v) is 7.53. The van der Waals surface area contributed by atoms with Crippen molar-refractivity contribution in [2.45, 2.75) is 70.1 Å². The van der Waals surface area contributed by atoms with Gasteiger partial charge in [-0.15, -0.1) is 11.3 Å². The lowest BCUT2D eigenvalue weighted by Crippen LogP contribution is -2.15. The summed E-state index contributed by atoms with van der Waals surface area (Å²) in [6.45, 7) is 0. The van der Waals surface area contributed by atoms with Crippen LogP contribution < -0.4 is 5.32 Å². The first kappa shape index (κ1) is 16.6. The summed E-state index contributed by atoms with van der Waals surface area (Å²) in [5.74, 6) is 1.66. The highest BCUT2D eigenvalue weighted by atomic mass is 32.1. The number of allylic oxidation sites excluding steroid dienone is 1. The fraction of sp³-hybridized carbons (Fsp3) is 0.550. The van der Waals surface area contributed by atoms with Crippen LogP contribution in [0.3, 0.4) is 0 Å². The van der Waals surface area contributed by atoms with Crippen molar-refractivity contribution >= 4 is 33.8 Å². The molecule has 0 aromatic carbocycles. The molecule has 0 radical (unpaired) electrons. The molecule has 2 heterocycles. The highest BCUT2D eigenvalue weighted by Crippen LogP contribution is 2.46. The highest BCUT2D eigenvalue weighted by Gasteiger charge is 2.30. The van der Waals surface area contributed by atoms with Gasteiger partial charge in [-0.3, -0.25) is 4.79 Å². The number of anilines is 1. The van der Waals surface area contributed by atoms with E-state index in [1.54, 1.807) is 11.3 Å². The number of nitrogens with zero attached hydrogens (tertiary/aromatic N) is 2. The Labute approximate surface area is 161 Å². The fourth-order valence-corrected chi connectivity index (χ4v) is 6.12. The minimum atomic E-state index is 0.0801. The Bertz CT molecular complexity index is 876. The summed E-state index contributed by atoms with van der Waals surface area (Å²) in [5, 5.41) is 5.23. The average Bonchev–Trinajstić information content (AvgIpc) is 3.30. The van der Waals surface area contributed by atoms with Gasteiger partial charge in [0.1, 0.15) is 15.8 Å². The van der Waals surface area contributed by atoms with Gasteiger partial charge in [0.15, 0.2) is 0 Å². The summed E-state index contributed by atoms with van der Waals surface area (Å²) in [5.41, 5.74) is 3.52. The largest absolute Gasteiger partial charge is 0.313 e. The van der Waals surface area contributed by atoms with Crippen LogP contribution in [0, 0.1) is 0 Å². The number of carbonyl (C=O) groups excluding carboxylic acids is 1. The van der Waals surface area contributed by atoms with Crippen LogP contribution in [0.25, 0.3) is 10.6 Å². The molecule has 26 heavy (non-hydrogen) atoms. The second-order valence-electron chi connectivity index (χ2n) is 7.58. The van der Waals surface area contributed by atoms with E-state index in [0.717, 1.165) is 53.5 Å². The van der Waals surface area contributed by atoms with Crippen molar-refractivity contribution in [3.63, 3.8) is 0 Å². The Morgan fingerprint density at radius 2 is 1.96 bits per heavy atom. The number of fused-ring (bicyclic) bond motifs is 1. The molecule has 0 aliphatic heterocycles. The summed E-state index contributed by atoms with van der Waals surface area (Å²) in [6.07, 6.45) is 13.5. The molecule has 5 rings (SSSR count). The van der Waals surface area contributed by atoms with Crippen molar-refractivity contribution in [1.82, 2.24) is 9.36 Å². The third kappa shape index (κ3) is 3.14. The Hall–Kier alpha value is -1.53. The molecular weight excluding hydrogens is 362 g/mol. The first-order chi connectivity index (χ1) is 12.8. The number of aromatic nitrogens is 2. The predicted molar refractivity (Wildman–Crippen MR) is 107 cm³/mol. The molecular formula is C20H23N3OS2. The van der Waals surface area contributed by atoms with Gasteiger partial charge in [0, 0.05) is 16.4 Å². The molecule has 2 aromatic heterocycles. The first-order valence-electron chi connectivity index (χ1n) is 9.78. The Morgan fingerprint density at radius 3 is 2.77 bits per heavy atom. The fourth-order valence-electron chi connectivity index (χ4n) is 3.95. The molecule has 2 aromatic rings. The molecule has 1 saturated carbocycles. The molecule has 1 N–H and O–H groups in total. The molecule has 0 unspecified atom stereocenters. The van der Waals surface area contributed by atoms with Crippen LogP contribution in [-0.4, -0.2) is 15.3 Å². The highest BCUT2D eigenvalue weighted by molar-refractivity contribution is 7.18. The van der Waals surface area contributed by atoms with Gasteiger partial charge < -0.3 is 5.32 Å². The number of nitrogens with one attached hydrogen (secondary N) is 1. The Morgan fingerprint density at radius 1 is 1.12 bits per heavy atom. The van der Waals surface area contributed by atoms with Crippen molar-refractivity contribution < 1.29 is 4.79 Å². The van der Waals surface area contributed by atoms with Gasteiger partial charge in [0.25, 0.3) is 5.91 Å². The van der Waals surface area contributed by atoms with E-state index in [9.17, 15) is 4.79 Å². The number of carbonyl (C=O) groups is 1. The van der Waals surface area contributed by atoms with E-state index >= 15 is 0 Å². The van der Waals surface area contributed by atoms with Crippen LogP contribution in [0.1, 0.15) is 73.5 Å². The zero-order valence-corrected chi connectivity index (χ0v) is 16.5. The Balaban J connectivity index is 1.50. The number of hydrogen-bond donors (Lipinski definition) is 1. The van der Waals surface area contributed by atoms with E-state index in [1.165, 1.54) is 59.6 Å². The monoisotopic (exact) mass is 385 g/mol. The van der Waals surface area contributed by atoms with Crippen molar-refractivity contribution in [1.29, 1.82) is 0 Å². The van der Waals surface area contributed by atoms with Crippen LogP contribution in [0.4, 0.5) is 5.00 Å². The third-order valence-electron chi connectivity index (χ3n) is 5.58. The molecule has 0 atom stereocenters. The molecule has 1 fully saturated rings. The van der Waals surface area contributed by atoms with Crippen LogP contribution >= 0.6 is 22.9 Å². The maximum Gasteiger partial charge on any atom is 0.251 e. The number of amides is 1. The summed E-state index contributed by atoms with van der Waals surface area (Å²) >= 11 is 3.27. The molecule has 6 heteroatoms. The standard InChI is InChI=1S/C20H23N3OS2/c24-18(13-6-2-1-3-7-13)22-19-16(14-8-4-5-9-15(14)25-19)20-21-17(23-26-20)12-10-11-12/h6,12H,1-5,7-11H2,(H,22,24). The van der Waals surface area contributed by atoms with Gasteiger partial charge in [-0.2, -0.15) is 4.37 Å². The lowest BCUT2D eigenvalue weighted by Gasteiger charge is -2.13. The number of hydrogen-bond acceptors (Lipinski definition) is 5. The molecule has 3 aliphatic carbocycles. The zero-order valence-electron chi connectivity index (χ0n) is 14.8. The van der Waals surface area contributed by atoms with E-state index in [0.29, 0.717) is 5.92 Å². The van der Waals surface area contributed by atoms with E-state index in [4.69, 9.17) is 4.98 Å². The van der Waals surface area contributed by atoms with Crippen LogP contribution in [0.5, 0.6) is 0 Å². The number of rotatable bonds is 4. The Kier molecular flexibility index (Phi) is 4.41. The van der Waals surface area contributed by atoms with Crippen molar-refractivity contribution in [2.24, 2.45) is 0 Å². The van der Waals surface area contributed by atoms with Crippen molar-refractivity contribution in [3.8, 4) is 10.6 Å². The molecule has 136 valence electrons. The minimum Gasteiger partial charge on any atom is -0.313 e. The van der Waals surface area contributed by atoms with Crippen LogP contribution in [0.2, 0.25) is 0 Å². The topological polar surface area (TPSA) is 54.9 Å². The SMILES string of the molecule is O=C(Nc1sc2c(c1-c1nc(C3CC3)ns1)CCCC2)C1=CCCCC1. The molecule has 4 nitrogen and oxygen atoms in total. The molecule has 0 saturated heterocycles. The second kappa shape index (κ2) is 6.89. The van der Waals surface area contributed by atoms with E-state index in [2.05, 4.69) is 15.8 Å². The molecule has 0 spiro atoms. The normalized spacial score (nSPS) is 19.8. The second-order valence-corrected chi connectivity index (χ2v) is 9.43. The lowest BCUT2D eigenvalue weighted by atomic mass is 9.95. The van der Waals surface area contributed by atoms with Crippen LogP contribution in [-0.2, 0) is 17.6 Å². The van der Waals surface area contributed by atoms with Gasteiger partial charge in [0.2, 0.25) is 0 Å². The smallest absolute Gasteiger partial charge is 0.251 e. The van der Waals surface area contributed by atoms with E-state index in [1.807, 2.05) is 0 Å². The lowest BCUT2D eigenvalue weighted by molar-refractivity contribution is -0.113. The quantitative estimate of drug-likeness (QED) is 0.760. The predicted octanol–water partition coefficient (Wildman–Crippen LogP) is 5.46. The maximum atomic E-state index is 12.8. The molecule has 1 amide bonds. The molecule has 0 bridgehead atoms. The van der Waals surface area contributed by atoms with Gasteiger partial charge in [0.05, 0.1) is 5.56 Å². The van der Waals surface area contributed by atoms with Crippen molar-refractivity contribution in [3.05, 3.63) is 27.9 Å². The van der Waals surface area contributed by atoms with Gasteiger partial charge in [-0.25, -0.2) is 4.98 Å². The van der Waals surface area contributed by atoms with Gasteiger partial charge in [-0.05, 0) is 81.3 Å². The van der Waals surface area contributed by atoms with E-state index in [-0.39, 0.29) is 5.91 Å². The van der Waals surface area contributed by atoms with Crippen LogP contribution in [0.15, 0.2) is 11.6 Å². The zero-order chi connectivity index (χ0) is 17.5. The van der Waals surface area contributed by atoms with Gasteiger partial charge in [-0.1, -0.05) is 6.08 Å². The number of thiophene rings is 1. The average molecular weight is 386 g/mol. The summed E-state index contributed by atoms with van der Waals surface area (Å²) in [6, 6.07) is 0. The molecule has 3 aliphatic rings. The minimum absolute atomic E-state index is 0.0801. The summed E-state index contributed by atoms with van der Waals surface area (Å²) < 4.78 is 4.60. The maximum absolute atomic E-state index is 12.8. The number of aryl methyl sites for hydroxylation is 1. The van der Waals surface area contributed by atoms with Gasteiger partial charge >= 0.3 is 0 Å². The van der Waals surface area contributed by atoms with E-state index < -0.39 is 0 Å².